The first-order chi connectivity index (χ1) is 12.1. The predicted molar refractivity (Wildman–Crippen MR) is 95.0 cm³/mol. The molecule has 0 aromatic heterocycles. The summed E-state index contributed by atoms with van der Waals surface area (Å²) in [6.07, 6.45) is 0.703. The Morgan fingerprint density at radius 3 is 2.64 bits per heavy atom. The van der Waals surface area contributed by atoms with Crippen molar-refractivity contribution in [2.24, 2.45) is 5.92 Å². The van der Waals surface area contributed by atoms with Crippen LogP contribution in [-0.4, -0.2) is 35.7 Å². The molecule has 1 amide bonds. The van der Waals surface area contributed by atoms with Crippen LogP contribution in [0.3, 0.4) is 0 Å². The molecule has 0 saturated carbocycles. The number of hydrogen-bond acceptors (Lipinski definition) is 2. The predicted octanol–water partition coefficient (Wildman–Crippen LogP) is 3.70. The quantitative estimate of drug-likeness (QED) is 0.842. The molecule has 4 nitrogen and oxygen atoms in total. The summed E-state index contributed by atoms with van der Waals surface area (Å²) in [5.74, 6) is -0.284. The highest BCUT2D eigenvalue weighted by Gasteiger charge is 2.32. The van der Waals surface area contributed by atoms with Gasteiger partial charge in [0.15, 0.2) is 0 Å². The van der Waals surface area contributed by atoms with E-state index in [1.165, 1.54) is 11.6 Å². The largest absolute Gasteiger partial charge is 0.465 e. The lowest BCUT2D eigenvalue weighted by atomic mass is 9.92. The molecule has 1 aliphatic heterocycles. The molecule has 0 bridgehead atoms. The van der Waals surface area contributed by atoms with Crippen LogP contribution < -0.4 is 5.32 Å². The number of hydrogen-bond donors (Lipinski definition) is 2. The fourth-order valence-electron chi connectivity index (χ4n) is 3.58. The molecule has 1 fully saturated rings. The third kappa shape index (κ3) is 4.57. The molecular formula is C20H23FN2O2. The molecule has 1 saturated heterocycles. The van der Waals surface area contributed by atoms with Crippen LogP contribution in [0.1, 0.15) is 23.6 Å². The number of likely N-dealkylation sites (tertiary alicyclic amines) is 1. The fourth-order valence-corrected chi connectivity index (χ4v) is 3.58. The standard InChI is InChI=1S/C20H23FN2O2/c21-18-9-5-4-8-17(18)19(22-20(24)25)16-11-13-23(14-16)12-10-15-6-2-1-3-7-15/h1-9,16,19,22H,10-14H2,(H,24,25). The summed E-state index contributed by atoms with van der Waals surface area (Å²) < 4.78 is 14.2. The second-order valence-electron chi connectivity index (χ2n) is 6.53. The van der Waals surface area contributed by atoms with Crippen molar-refractivity contribution in [1.29, 1.82) is 0 Å². The van der Waals surface area contributed by atoms with Gasteiger partial charge in [0.2, 0.25) is 0 Å². The minimum Gasteiger partial charge on any atom is -0.465 e. The number of carbonyl (C=O) groups is 1. The highest BCUT2D eigenvalue weighted by atomic mass is 19.1. The third-order valence-electron chi connectivity index (χ3n) is 4.86. The van der Waals surface area contributed by atoms with Gasteiger partial charge in [0.05, 0.1) is 6.04 Å². The average molecular weight is 342 g/mol. The smallest absolute Gasteiger partial charge is 0.405 e. The third-order valence-corrected chi connectivity index (χ3v) is 4.86. The number of rotatable bonds is 6. The summed E-state index contributed by atoms with van der Waals surface area (Å²) >= 11 is 0. The maximum absolute atomic E-state index is 14.2. The van der Waals surface area contributed by atoms with Gasteiger partial charge in [0.25, 0.3) is 0 Å². The summed E-state index contributed by atoms with van der Waals surface area (Å²) in [5.41, 5.74) is 1.72. The van der Waals surface area contributed by atoms with E-state index in [2.05, 4.69) is 22.3 Å². The van der Waals surface area contributed by atoms with Crippen molar-refractivity contribution in [2.75, 3.05) is 19.6 Å². The van der Waals surface area contributed by atoms with Crippen molar-refractivity contribution in [2.45, 2.75) is 18.9 Å². The van der Waals surface area contributed by atoms with E-state index in [0.717, 1.165) is 32.5 Å². The van der Waals surface area contributed by atoms with Gasteiger partial charge in [0.1, 0.15) is 5.82 Å². The molecule has 5 heteroatoms. The van der Waals surface area contributed by atoms with Gasteiger partial charge in [-0.1, -0.05) is 48.5 Å². The molecule has 0 spiro atoms. The van der Waals surface area contributed by atoms with Gasteiger partial charge in [-0.05, 0) is 36.9 Å². The first-order valence-corrected chi connectivity index (χ1v) is 8.63. The van der Waals surface area contributed by atoms with E-state index < -0.39 is 12.1 Å². The molecule has 2 aromatic rings. The van der Waals surface area contributed by atoms with Gasteiger partial charge in [-0.3, -0.25) is 0 Å². The number of halogens is 1. The van der Waals surface area contributed by atoms with Gasteiger partial charge in [-0.15, -0.1) is 0 Å². The normalized spacial score (nSPS) is 18.8. The molecule has 25 heavy (non-hydrogen) atoms. The topological polar surface area (TPSA) is 52.6 Å². The zero-order valence-electron chi connectivity index (χ0n) is 14.1. The molecule has 3 rings (SSSR count). The number of benzene rings is 2. The van der Waals surface area contributed by atoms with Gasteiger partial charge in [0, 0.05) is 18.7 Å². The molecule has 0 radical (unpaired) electrons. The second-order valence-corrected chi connectivity index (χ2v) is 6.53. The first-order valence-electron chi connectivity index (χ1n) is 8.63. The van der Waals surface area contributed by atoms with Crippen LogP contribution in [0.4, 0.5) is 9.18 Å². The molecule has 1 aliphatic rings. The Labute approximate surface area is 147 Å². The van der Waals surface area contributed by atoms with E-state index >= 15 is 0 Å². The molecule has 2 atom stereocenters. The Morgan fingerprint density at radius 1 is 1.20 bits per heavy atom. The SMILES string of the molecule is O=C(O)NC(c1ccccc1F)C1CCN(CCc2ccccc2)C1. The molecule has 2 N–H and O–H groups in total. The highest BCUT2D eigenvalue weighted by molar-refractivity contribution is 5.65. The van der Waals surface area contributed by atoms with E-state index in [-0.39, 0.29) is 11.7 Å². The van der Waals surface area contributed by atoms with E-state index in [0.29, 0.717) is 5.56 Å². The van der Waals surface area contributed by atoms with Crippen LogP contribution in [0, 0.1) is 11.7 Å². The van der Waals surface area contributed by atoms with Gasteiger partial charge in [-0.2, -0.15) is 0 Å². The summed E-state index contributed by atoms with van der Waals surface area (Å²) in [4.78, 5) is 13.5. The lowest BCUT2D eigenvalue weighted by Crippen LogP contribution is -2.34. The Hall–Kier alpha value is -2.40. The van der Waals surface area contributed by atoms with Crippen LogP contribution in [0.25, 0.3) is 0 Å². The van der Waals surface area contributed by atoms with Crippen molar-refractivity contribution in [3.63, 3.8) is 0 Å². The molecule has 132 valence electrons. The maximum Gasteiger partial charge on any atom is 0.405 e. The van der Waals surface area contributed by atoms with Crippen LogP contribution in [-0.2, 0) is 6.42 Å². The minimum atomic E-state index is -1.11. The van der Waals surface area contributed by atoms with Crippen molar-refractivity contribution >= 4 is 6.09 Å². The lowest BCUT2D eigenvalue weighted by Gasteiger charge is -2.25. The van der Waals surface area contributed by atoms with Crippen molar-refractivity contribution in [3.8, 4) is 0 Å². The summed E-state index contributed by atoms with van der Waals surface area (Å²) in [6, 6.07) is 16.2. The first kappa shape index (κ1) is 17.4. The number of nitrogens with zero attached hydrogens (tertiary/aromatic N) is 1. The van der Waals surface area contributed by atoms with Crippen LogP contribution >= 0.6 is 0 Å². The van der Waals surface area contributed by atoms with E-state index in [9.17, 15) is 9.18 Å². The van der Waals surface area contributed by atoms with Gasteiger partial charge < -0.3 is 15.3 Å². The number of nitrogens with one attached hydrogen (secondary N) is 1. The highest BCUT2D eigenvalue weighted by Crippen LogP contribution is 2.31. The van der Waals surface area contributed by atoms with Crippen molar-refractivity contribution < 1.29 is 14.3 Å². The molecule has 2 aromatic carbocycles. The zero-order chi connectivity index (χ0) is 17.6. The van der Waals surface area contributed by atoms with Crippen LogP contribution in [0.15, 0.2) is 54.6 Å². The average Bonchev–Trinajstić information content (AvgIpc) is 3.08. The summed E-state index contributed by atoms with van der Waals surface area (Å²) in [6.45, 7) is 2.60. The number of amides is 1. The second kappa shape index (κ2) is 8.12. The Morgan fingerprint density at radius 2 is 1.92 bits per heavy atom. The Kier molecular flexibility index (Phi) is 5.66. The van der Waals surface area contributed by atoms with Crippen molar-refractivity contribution in [3.05, 3.63) is 71.5 Å². The maximum atomic E-state index is 14.2. The van der Waals surface area contributed by atoms with Gasteiger partial charge >= 0.3 is 6.09 Å². The Balaban J connectivity index is 1.65. The fraction of sp³-hybridized carbons (Fsp3) is 0.350. The molecule has 1 heterocycles. The van der Waals surface area contributed by atoms with Crippen LogP contribution in [0.2, 0.25) is 0 Å². The van der Waals surface area contributed by atoms with E-state index in [4.69, 9.17) is 5.11 Å². The van der Waals surface area contributed by atoms with Crippen LogP contribution in [0.5, 0.6) is 0 Å². The lowest BCUT2D eigenvalue weighted by molar-refractivity contribution is 0.183. The monoisotopic (exact) mass is 342 g/mol. The summed E-state index contributed by atoms with van der Waals surface area (Å²) in [7, 11) is 0. The summed E-state index contributed by atoms with van der Waals surface area (Å²) in [5, 5.41) is 11.7. The molecular weight excluding hydrogens is 319 g/mol. The van der Waals surface area contributed by atoms with E-state index in [1.807, 2.05) is 18.2 Å². The molecule has 2 unspecified atom stereocenters. The zero-order valence-corrected chi connectivity index (χ0v) is 14.1. The van der Waals surface area contributed by atoms with Gasteiger partial charge in [-0.25, -0.2) is 9.18 Å². The molecule has 0 aliphatic carbocycles. The van der Waals surface area contributed by atoms with E-state index in [1.54, 1.807) is 18.2 Å². The minimum absolute atomic E-state index is 0.0729. The Bertz CT molecular complexity index is 708. The number of carboxylic acid groups (broad SMARTS) is 1. The van der Waals surface area contributed by atoms with Crippen molar-refractivity contribution in [1.82, 2.24) is 10.2 Å².